The molecule has 0 aliphatic carbocycles. The van der Waals surface area contributed by atoms with Crippen LogP contribution in [0.25, 0.3) is 0 Å². The summed E-state index contributed by atoms with van der Waals surface area (Å²) in [7, 11) is 0. The first-order chi connectivity index (χ1) is 10.1. The first kappa shape index (κ1) is 16.3. The van der Waals surface area contributed by atoms with E-state index in [2.05, 4.69) is 5.43 Å². The van der Waals surface area contributed by atoms with Gasteiger partial charge in [-0.05, 0) is 42.7 Å². The van der Waals surface area contributed by atoms with E-state index in [1.165, 1.54) is 17.8 Å². The molecule has 2 aromatic rings. The molecular weight excluding hydrogens is 307 g/mol. The normalized spacial score (nSPS) is 12.4. The summed E-state index contributed by atoms with van der Waals surface area (Å²) < 4.78 is 13.6. The molecule has 0 heterocycles. The highest BCUT2D eigenvalue weighted by atomic mass is 35.5. The van der Waals surface area contributed by atoms with Crippen molar-refractivity contribution in [3.05, 3.63) is 64.4 Å². The average molecular weight is 325 g/mol. The fourth-order valence-corrected chi connectivity index (χ4v) is 3.29. The highest BCUT2D eigenvalue weighted by Crippen LogP contribution is 2.24. The van der Waals surface area contributed by atoms with E-state index in [-0.39, 0.29) is 11.9 Å². The molecule has 0 aliphatic rings. The van der Waals surface area contributed by atoms with E-state index in [0.717, 1.165) is 16.1 Å². The largest absolute Gasteiger partial charge is 0.271 e. The smallest absolute Gasteiger partial charge is 0.136 e. The molecule has 2 nitrogen and oxygen atoms in total. The van der Waals surface area contributed by atoms with E-state index in [4.69, 9.17) is 17.4 Å². The van der Waals surface area contributed by atoms with Gasteiger partial charge < -0.3 is 0 Å². The summed E-state index contributed by atoms with van der Waals surface area (Å²) in [4.78, 5) is 0.632. The van der Waals surface area contributed by atoms with E-state index >= 15 is 0 Å². The number of thioether (sulfide) groups is 1. The number of nitrogens with two attached hydrogens (primary N) is 1. The lowest BCUT2D eigenvalue weighted by Crippen LogP contribution is -2.38. The number of hydrogen-bond donors (Lipinski definition) is 2. The molecule has 0 aliphatic heterocycles. The van der Waals surface area contributed by atoms with Crippen molar-refractivity contribution in [1.29, 1.82) is 0 Å². The minimum atomic E-state index is -0.202. The molecule has 5 heteroatoms. The van der Waals surface area contributed by atoms with Gasteiger partial charge in [0.15, 0.2) is 0 Å². The molecule has 0 saturated heterocycles. The number of nitrogens with one attached hydrogen (secondary N) is 1. The highest BCUT2D eigenvalue weighted by Gasteiger charge is 2.12. The Balaban J connectivity index is 1.99. The van der Waals surface area contributed by atoms with Crippen LogP contribution in [0, 0.1) is 12.7 Å². The van der Waals surface area contributed by atoms with E-state index in [0.29, 0.717) is 17.1 Å². The summed E-state index contributed by atoms with van der Waals surface area (Å²) in [5, 5.41) is 0.742. The summed E-state index contributed by atoms with van der Waals surface area (Å²) in [6, 6.07) is 12.7. The standard InChI is InChI=1S/C16H18ClFN2S/c1-11-6-7-12(14(17)8-11)9-13(20-19)10-21-16-5-3-2-4-15(16)18/h2-8,13,20H,9-10,19H2,1H3. The van der Waals surface area contributed by atoms with Crippen molar-refractivity contribution >= 4 is 23.4 Å². The predicted molar refractivity (Wildman–Crippen MR) is 88.1 cm³/mol. The summed E-state index contributed by atoms with van der Waals surface area (Å²) in [5.74, 6) is 6.07. The second-order valence-electron chi connectivity index (χ2n) is 4.90. The van der Waals surface area contributed by atoms with E-state index in [9.17, 15) is 4.39 Å². The van der Waals surface area contributed by atoms with Crippen molar-refractivity contribution in [2.24, 2.45) is 5.84 Å². The Kier molecular flexibility index (Phi) is 6.06. The van der Waals surface area contributed by atoms with Crippen LogP contribution < -0.4 is 11.3 Å². The molecule has 0 radical (unpaired) electrons. The molecule has 21 heavy (non-hydrogen) atoms. The fraction of sp³-hybridized carbons (Fsp3) is 0.250. The molecular formula is C16H18ClFN2S. The third-order valence-electron chi connectivity index (χ3n) is 3.19. The summed E-state index contributed by atoms with van der Waals surface area (Å²) >= 11 is 7.68. The van der Waals surface area contributed by atoms with Crippen LogP contribution in [-0.4, -0.2) is 11.8 Å². The second kappa shape index (κ2) is 7.80. The Bertz CT molecular complexity index is 607. The van der Waals surface area contributed by atoms with Gasteiger partial charge in [0, 0.05) is 21.7 Å². The van der Waals surface area contributed by atoms with Crippen molar-refractivity contribution in [2.75, 3.05) is 5.75 Å². The van der Waals surface area contributed by atoms with Gasteiger partial charge in [0.2, 0.25) is 0 Å². The van der Waals surface area contributed by atoms with E-state index in [1.807, 2.05) is 31.2 Å². The lowest BCUT2D eigenvalue weighted by molar-refractivity contribution is 0.573. The zero-order chi connectivity index (χ0) is 15.2. The van der Waals surface area contributed by atoms with E-state index in [1.54, 1.807) is 12.1 Å². The molecule has 0 amide bonds. The summed E-state index contributed by atoms with van der Waals surface area (Å²) in [6.45, 7) is 2.00. The SMILES string of the molecule is Cc1ccc(CC(CSc2ccccc2F)NN)c(Cl)c1. The minimum Gasteiger partial charge on any atom is -0.271 e. The molecule has 1 atom stereocenters. The van der Waals surface area contributed by atoms with Crippen LogP contribution in [0.4, 0.5) is 4.39 Å². The van der Waals surface area contributed by atoms with Crippen LogP contribution >= 0.6 is 23.4 Å². The second-order valence-corrected chi connectivity index (χ2v) is 6.37. The number of benzene rings is 2. The van der Waals surface area contributed by atoms with Crippen LogP contribution in [0.15, 0.2) is 47.4 Å². The zero-order valence-electron chi connectivity index (χ0n) is 11.8. The molecule has 0 bridgehead atoms. The summed E-state index contributed by atoms with van der Waals surface area (Å²) in [6.07, 6.45) is 0.705. The predicted octanol–water partition coefficient (Wildman–Crippen LogP) is 3.95. The van der Waals surface area contributed by atoms with Gasteiger partial charge in [0.1, 0.15) is 5.82 Å². The number of aryl methyl sites for hydroxylation is 1. The lowest BCUT2D eigenvalue weighted by atomic mass is 10.1. The molecule has 0 aromatic heterocycles. The van der Waals surface area contributed by atoms with Gasteiger partial charge in [0.05, 0.1) is 0 Å². The summed E-state index contributed by atoms with van der Waals surface area (Å²) in [5.41, 5.74) is 4.95. The van der Waals surface area contributed by atoms with E-state index < -0.39 is 0 Å². The van der Waals surface area contributed by atoms with Crippen molar-refractivity contribution in [1.82, 2.24) is 5.43 Å². The van der Waals surface area contributed by atoms with Crippen molar-refractivity contribution in [2.45, 2.75) is 24.3 Å². The number of hydrazine groups is 1. The molecule has 1 unspecified atom stereocenters. The molecule has 0 spiro atoms. The molecule has 112 valence electrons. The Morgan fingerprint density at radius 2 is 2.05 bits per heavy atom. The van der Waals surface area contributed by atoms with Gasteiger partial charge in [-0.15, -0.1) is 11.8 Å². The van der Waals surface area contributed by atoms with Gasteiger partial charge in [-0.3, -0.25) is 11.3 Å². The first-order valence-electron chi connectivity index (χ1n) is 6.68. The number of hydrogen-bond acceptors (Lipinski definition) is 3. The van der Waals surface area contributed by atoms with Gasteiger partial charge in [-0.2, -0.15) is 0 Å². The molecule has 0 saturated carbocycles. The van der Waals surface area contributed by atoms with Crippen LogP contribution in [0.5, 0.6) is 0 Å². The molecule has 0 fully saturated rings. The molecule has 3 N–H and O–H groups in total. The first-order valence-corrected chi connectivity index (χ1v) is 8.05. The number of halogens is 2. The quantitative estimate of drug-likeness (QED) is 0.480. The van der Waals surface area contributed by atoms with Crippen LogP contribution in [0.2, 0.25) is 5.02 Å². The van der Waals surface area contributed by atoms with Gasteiger partial charge >= 0.3 is 0 Å². The maximum Gasteiger partial charge on any atom is 0.136 e. The Morgan fingerprint density at radius 1 is 1.29 bits per heavy atom. The van der Waals surface area contributed by atoms with Gasteiger partial charge in [0.25, 0.3) is 0 Å². The van der Waals surface area contributed by atoms with Crippen LogP contribution in [0.1, 0.15) is 11.1 Å². The van der Waals surface area contributed by atoms with Crippen LogP contribution in [-0.2, 0) is 6.42 Å². The highest BCUT2D eigenvalue weighted by molar-refractivity contribution is 7.99. The Hall–Kier alpha value is -1.07. The minimum absolute atomic E-state index is 0.0230. The van der Waals surface area contributed by atoms with Crippen molar-refractivity contribution < 1.29 is 4.39 Å². The van der Waals surface area contributed by atoms with Crippen molar-refractivity contribution in [3.63, 3.8) is 0 Å². The Labute approximate surface area is 133 Å². The van der Waals surface area contributed by atoms with Gasteiger partial charge in [-0.1, -0.05) is 35.9 Å². The maximum atomic E-state index is 13.6. The average Bonchev–Trinajstić information content (AvgIpc) is 2.47. The number of rotatable bonds is 6. The monoisotopic (exact) mass is 324 g/mol. The third kappa shape index (κ3) is 4.71. The Morgan fingerprint density at radius 3 is 2.71 bits per heavy atom. The zero-order valence-corrected chi connectivity index (χ0v) is 13.3. The van der Waals surface area contributed by atoms with Crippen LogP contribution in [0.3, 0.4) is 0 Å². The molecule has 2 rings (SSSR count). The molecule has 2 aromatic carbocycles. The third-order valence-corrected chi connectivity index (χ3v) is 4.75. The van der Waals surface area contributed by atoms with Crippen molar-refractivity contribution in [3.8, 4) is 0 Å². The fourth-order valence-electron chi connectivity index (χ4n) is 2.00. The maximum absolute atomic E-state index is 13.6. The lowest BCUT2D eigenvalue weighted by Gasteiger charge is -2.16. The topological polar surface area (TPSA) is 38.0 Å². The van der Waals surface area contributed by atoms with Gasteiger partial charge in [-0.25, -0.2) is 4.39 Å².